The maximum absolute atomic E-state index is 12.2. The van der Waals surface area contributed by atoms with Gasteiger partial charge < -0.3 is 4.74 Å². The standard InChI is InChI=1S/C16H14N2O4S/c1-9-13(19)17-16(21)18-11(8-10-6-4-3-5-7-10)12(15(20)22-2)23-14(9)18/h3-7H,8H2,1-2H3,(H,17,19,21). The molecule has 1 aromatic carbocycles. The number of thiazole rings is 1. The lowest BCUT2D eigenvalue weighted by molar-refractivity contribution is 0.0605. The molecule has 0 spiro atoms. The van der Waals surface area contributed by atoms with Gasteiger partial charge in [-0.05, 0) is 12.5 Å². The SMILES string of the molecule is COC(=O)c1sc2c(C)c(=O)[nH]c(=O)n2c1Cc1ccccc1. The molecule has 0 aliphatic carbocycles. The van der Waals surface area contributed by atoms with Crippen LogP contribution in [0, 0.1) is 6.92 Å². The summed E-state index contributed by atoms with van der Waals surface area (Å²) in [5, 5.41) is 0. The second kappa shape index (κ2) is 5.85. The average Bonchev–Trinajstić information content (AvgIpc) is 2.93. The number of hydrogen-bond acceptors (Lipinski definition) is 5. The molecule has 3 rings (SSSR count). The Morgan fingerprint density at radius 3 is 2.61 bits per heavy atom. The van der Waals surface area contributed by atoms with Crippen LogP contribution in [-0.4, -0.2) is 22.5 Å². The maximum atomic E-state index is 12.2. The second-order valence-corrected chi connectivity index (χ2v) is 6.06. The van der Waals surface area contributed by atoms with Crippen LogP contribution in [0.25, 0.3) is 4.83 Å². The van der Waals surface area contributed by atoms with Gasteiger partial charge in [-0.15, -0.1) is 11.3 Å². The molecule has 0 radical (unpaired) electrons. The highest BCUT2D eigenvalue weighted by molar-refractivity contribution is 7.19. The zero-order chi connectivity index (χ0) is 16.6. The minimum absolute atomic E-state index is 0.329. The van der Waals surface area contributed by atoms with E-state index in [0.717, 1.165) is 16.9 Å². The van der Waals surface area contributed by atoms with Gasteiger partial charge in [-0.3, -0.25) is 14.2 Å². The van der Waals surface area contributed by atoms with E-state index >= 15 is 0 Å². The molecular formula is C16H14N2O4S. The summed E-state index contributed by atoms with van der Waals surface area (Å²) in [6, 6.07) is 9.49. The van der Waals surface area contributed by atoms with Crippen LogP contribution < -0.4 is 11.2 Å². The molecule has 0 aliphatic rings. The number of carbonyl (C=O) groups is 1. The Morgan fingerprint density at radius 1 is 1.26 bits per heavy atom. The number of methoxy groups -OCH3 is 1. The third-order valence-electron chi connectivity index (χ3n) is 3.60. The molecule has 0 saturated heterocycles. The molecule has 2 heterocycles. The Kier molecular flexibility index (Phi) is 3.87. The molecule has 7 heteroatoms. The number of aromatic amines is 1. The number of nitrogens with one attached hydrogen (secondary N) is 1. The van der Waals surface area contributed by atoms with E-state index in [1.165, 1.54) is 11.5 Å². The minimum Gasteiger partial charge on any atom is -0.465 e. The Hall–Kier alpha value is -2.67. The molecule has 1 N–H and O–H groups in total. The number of benzene rings is 1. The van der Waals surface area contributed by atoms with Gasteiger partial charge in [0.15, 0.2) is 0 Å². The first-order valence-corrected chi connectivity index (χ1v) is 7.74. The van der Waals surface area contributed by atoms with Gasteiger partial charge in [0.05, 0.1) is 12.8 Å². The average molecular weight is 330 g/mol. The van der Waals surface area contributed by atoms with Crippen LogP contribution >= 0.6 is 11.3 Å². The molecule has 0 aliphatic heterocycles. The minimum atomic E-state index is -0.548. The molecule has 0 atom stereocenters. The highest BCUT2D eigenvalue weighted by Crippen LogP contribution is 2.26. The molecule has 0 amide bonds. The summed E-state index contributed by atoms with van der Waals surface area (Å²) in [6.07, 6.45) is 0.386. The fraction of sp³-hybridized carbons (Fsp3) is 0.188. The van der Waals surface area contributed by atoms with Gasteiger partial charge in [0.2, 0.25) is 0 Å². The number of esters is 1. The van der Waals surface area contributed by atoms with E-state index in [1.54, 1.807) is 6.92 Å². The Balaban J connectivity index is 2.33. The summed E-state index contributed by atoms with van der Waals surface area (Å²) < 4.78 is 6.21. The number of carbonyl (C=O) groups excluding carboxylic acids is 1. The summed E-state index contributed by atoms with van der Waals surface area (Å²) in [5.41, 5.74) is 0.881. The molecule has 0 bridgehead atoms. The number of aryl methyl sites for hydroxylation is 1. The largest absolute Gasteiger partial charge is 0.465 e. The third-order valence-corrected chi connectivity index (χ3v) is 4.89. The third kappa shape index (κ3) is 2.59. The molecule has 6 nitrogen and oxygen atoms in total. The summed E-state index contributed by atoms with van der Waals surface area (Å²) in [5.74, 6) is -0.518. The molecule has 2 aromatic heterocycles. The van der Waals surface area contributed by atoms with Crippen molar-refractivity contribution in [3.05, 3.63) is 72.9 Å². The van der Waals surface area contributed by atoms with E-state index in [1.807, 2.05) is 30.3 Å². The van der Waals surface area contributed by atoms with Crippen LogP contribution in [0.1, 0.15) is 26.5 Å². The number of rotatable bonds is 3. The van der Waals surface area contributed by atoms with E-state index < -0.39 is 17.2 Å². The molecule has 0 saturated carbocycles. The van der Waals surface area contributed by atoms with Crippen LogP contribution in [0.4, 0.5) is 0 Å². The van der Waals surface area contributed by atoms with Crippen LogP contribution in [-0.2, 0) is 11.2 Å². The number of ether oxygens (including phenoxy) is 1. The first-order valence-electron chi connectivity index (χ1n) is 6.92. The number of aromatic nitrogens is 2. The van der Waals surface area contributed by atoms with Crippen molar-refractivity contribution in [3.63, 3.8) is 0 Å². The number of hydrogen-bond donors (Lipinski definition) is 1. The Morgan fingerprint density at radius 2 is 1.96 bits per heavy atom. The van der Waals surface area contributed by atoms with Gasteiger partial charge in [-0.25, -0.2) is 9.59 Å². The van der Waals surface area contributed by atoms with Gasteiger partial charge in [0.25, 0.3) is 5.56 Å². The second-order valence-electron chi connectivity index (χ2n) is 5.06. The van der Waals surface area contributed by atoms with Crippen molar-refractivity contribution in [3.8, 4) is 0 Å². The highest BCUT2D eigenvalue weighted by Gasteiger charge is 2.22. The highest BCUT2D eigenvalue weighted by atomic mass is 32.1. The van der Waals surface area contributed by atoms with Crippen molar-refractivity contribution < 1.29 is 9.53 Å². The Bertz CT molecular complexity index is 999. The summed E-state index contributed by atoms with van der Waals surface area (Å²) in [4.78, 5) is 39.2. The van der Waals surface area contributed by atoms with E-state index in [9.17, 15) is 14.4 Å². The first-order chi connectivity index (χ1) is 11.0. The van der Waals surface area contributed by atoms with E-state index in [0.29, 0.717) is 27.4 Å². The van der Waals surface area contributed by atoms with E-state index in [-0.39, 0.29) is 0 Å². The van der Waals surface area contributed by atoms with Crippen molar-refractivity contribution in [1.29, 1.82) is 0 Å². The van der Waals surface area contributed by atoms with Crippen LogP contribution in [0.15, 0.2) is 39.9 Å². The normalized spacial score (nSPS) is 10.9. The van der Waals surface area contributed by atoms with Crippen molar-refractivity contribution in [2.24, 2.45) is 0 Å². The summed E-state index contributed by atoms with van der Waals surface area (Å²) >= 11 is 1.10. The predicted molar refractivity (Wildman–Crippen MR) is 87.5 cm³/mol. The van der Waals surface area contributed by atoms with Crippen LogP contribution in [0.2, 0.25) is 0 Å². The van der Waals surface area contributed by atoms with Gasteiger partial charge in [-0.1, -0.05) is 30.3 Å². The molecular weight excluding hydrogens is 316 g/mol. The van der Waals surface area contributed by atoms with E-state index in [2.05, 4.69) is 4.98 Å². The molecule has 23 heavy (non-hydrogen) atoms. The maximum Gasteiger partial charge on any atom is 0.349 e. The number of nitrogens with zero attached hydrogens (tertiary/aromatic N) is 1. The fourth-order valence-electron chi connectivity index (χ4n) is 2.43. The van der Waals surface area contributed by atoms with Gasteiger partial charge in [-0.2, -0.15) is 0 Å². The zero-order valence-electron chi connectivity index (χ0n) is 12.6. The molecule has 3 aromatic rings. The smallest absolute Gasteiger partial charge is 0.349 e. The fourth-order valence-corrected chi connectivity index (χ4v) is 3.60. The lowest BCUT2D eigenvalue weighted by atomic mass is 10.1. The summed E-state index contributed by atoms with van der Waals surface area (Å²) in [7, 11) is 1.29. The van der Waals surface area contributed by atoms with Crippen molar-refractivity contribution in [2.75, 3.05) is 7.11 Å². The predicted octanol–water partition coefficient (Wildman–Crippen LogP) is 1.74. The van der Waals surface area contributed by atoms with Crippen molar-refractivity contribution in [1.82, 2.24) is 9.38 Å². The van der Waals surface area contributed by atoms with Crippen LogP contribution in [0.5, 0.6) is 0 Å². The lowest BCUT2D eigenvalue weighted by Crippen LogP contribution is -2.28. The topological polar surface area (TPSA) is 80.6 Å². The molecule has 118 valence electrons. The van der Waals surface area contributed by atoms with Gasteiger partial charge in [0, 0.05) is 12.0 Å². The lowest BCUT2D eigenvalue weighted by Gasteiger charge is -2.05. The van der Waals surface area contributed by atoms with Crippen molar-refractivity contribution >= 4 is 22.1 Å². The van der Waals surface area contributed by atoms with Crippen LogP contribution in [0.3, 0.4) is 0 Å². The Labute approximate surface area is 135 Å². The molecule has 0 unspecified atom stereocenters. The molecule has 0 fully saturated rings. The van der Waals surface area contributed by atoms with Gasteiger partial charge >= 0.3 is 11.7 Å². The van der Waals surface area contributed by atoms with E-state index in [4.69, 9.17) is 4.74 Å². The number of fused-ring (bicyclic) bond motifs is 1. The summed E-state index contributed by atoms with van der Waals surface area (Å²) in [6.45, 7) is 1.62. The monoisotopic (exact) mass is 330 g/mol. The van der Waals surface area contributed by atoms with Gasteiger partial charge in [0.1, 0.15) is 9.71 Å². The van der Waals surface area contributed by atoms with Crippen molar-refractivity contribution in [2.45, 2.75) is 13.3 Å². The first kappa shape index (κ1) is 15.2. The number of H-pyrrole nitrogens is 1. The zero-order valence-corrected chi connectivity index (χ0v) is 13.4. The quantitative estimate of drug-likeness (QED) is 0.742.